The van der Waals surface area contributed by atoms with Crippen molar-refractivity contribution in [3.63, 3.8) is 0 Å². The SMILES string of the molecule is C[C@H](CCCN(OO)C(OO)(OO)C(=O)O)[C@H]1CC[C@H]2[C@@H]3CCC4CCCC[C@]4(C)[C@H]3CC[C@]12C. The standard InChI is InChI=1S/C26H45NO8/c1-17(7-6-16-27(35-32)26(33-30,34-31)23(28)29)20-11-12-21-19-10-9-18-8-4-5-14-24(18,2)22(19)13-15-25(20,21)3/h17-22,30-32H,4-16H2,1-3H3,(H,28,29)/t17-,18?,19+,20-,21+,22+,24+,25-/m1/s1. The molecule has 4 aliphatic carbocycles. The molecule has 0 aromatic carbocycles. The molecule has 4 rings (SSSR count). The largest absolute Gasteiger partial charge is 0.476 e. The van der Waals surface area contributed by atoms with Gasteiger partial charge in [0.05, 0.1) is 0 Å². The Morgan fingerprint density at radius 1 is 0.971 bits per heavy atom. The third-order valence-corrected chi connectivity index (χ3v) is 11.3. The number of hydrogen-bond acceptors (Lipinski definition) is 8. The maximum absolute atomic E-state index is 11.4. The average molecular weight is 500 g/mol. The van der Waals surface area contributed by atoms with E-state index in [1.165, 1.54) is 64.2 Å². The maximum Gasteiger partial charge on any atom is 0.409 e. The van der Waals surface area contributed by atoms with E-state index in [1.54, 1.807) is 0 Å². The topological polar surface area (TPSA) is 129 Å². The zero-order valence-corrected chi connectivity index (χ0v) is 21.5. The minimum Gasteiger partial charge on any atom is -0.476 e. The highest BCUT2D eigenvalue weighted by molar-refractivity contribution is 5.74. The first kappa shape index (κ1) is 27.2. The number of carboxylic acids is 1. The van der Waals surface area contributed by atoms with E-state index in [-0.39, 0.29) is 6.54 Å². The van der Waals surface area contributed by atoms with Crippen LogP contribution in [0.15, 0.2) is 0 Å². The van der Waals surface area contributed by atoms with Gasteiger partial charge in [0.1, 0.15) is 0 Å². The summed E-state index contributed by atoms with van der Waals surface area (Å²) in [6.45, 7) is 7.29. The van der Waals surface area contributed by atoms with Gasteiger partial charge in [-0.25, -0.2) is 20.6 Å². The van der Waals surface area contributed by atoms with Crippen LogP contribution in [0.25, 0.3) is 0 Å². The molecule has 4 fully saturated rings. The smallest absolute Gasteiger partial charge is 0.409 e. The van der Waals surface area contributed by atoms with Crippen molar-refractivity contribution in [1.82, 2.24) is 5.06 Å². The van der Waals surface area contributed by atoms with Crippen LogP contribution in [0.3, 0.4) is 0 Å². The highest BCUT2D eigenvalue weighted by Crippen LogP contribution is 2.68. The van der Waals surface area contributed by atoms with Crippen LogP contribution in [0.2, 0.25) is 0 Å². The summed E-state index contributed by atoms with van der Waals surface area (Å²) in [5, 5.41) is 36.7. The summed E-state index contributed by atoms with van der Waals surface area (Å²) in [6, 6.07) is 0. The number of rotatable bonds is 10. The van der Waals surface area contributed by atoms with E-state index in [2.05, 4.69) is 35.5 Å². The number of fused-ring (bicyclic) bond motifs is 5. The summed E-state index contributed by atoms with van der Waals surface area (Å²) >= 11 is 0. The molecule has 0 spiro atoms. The first-order valence-electron chi connectivity index (χ1n) is 13.7. The fourth-order valence-corrected chi connectivity index (χ4v) is 9.56. The molecular formula is C26H45NO8. The van der Waals surface area contributed by atoms with Crippen LogP contribution in [0.1, 0.15) is 97.8 Å². The van der Waals surface area contributed by atoms with Crippen LogP contribution in [-0.2, 0) is 19.6 Å². The molecule has 0 radical (unpaired) electrons. The summed E-state index contributed by atoms with van der Waals surface area (Å²) in [5.41, 5.74) is 0.874. The molecule has 9 heteroatoms. The van der Waals surface area contributed by atoms with Gasteiger partial charge in [0.15, 0.2) is 0 Å². The lowest BCUT2D eigenvalue weighted by molar-refractivity contribution is -0.580. The van der Waals surface area contributed by atoms with Gasteiger partial charge in [0, 0.05) is 6.54 Å². The van der Waals surface area contributed by atoms with Gasteiger partial charge in [0.2, 0.25) is 0 Å². The Bertz CT molecular complexity index is 747. The summed E-state index contributed by atoms with van der Waals surface area (Å²) in [6.07, 6.45) is 14.9. The van der Waals surface area contributed by atoms with Crippen molar-refractivity contribution >= 4 is 5.97 Å². The van der Waals surface area contributed by atoms with Gasteiger partial charge in [0.25, 0.3) is 0 Å². The maximum atomic E-state index is 11.4. The third kappa shape index (κ3) is 4.45. The van der Waals surface area contributed by atoms with Crippen LogP contribution in [0.4, 0.5) is 0 Å². The van der Waals surface area contributed by atoms with Crippen molar-refractivity contribution in [2.45, 2.75) is 104 Å². The molecule has 4 N–H and O–H groups in total. The molecule has 4 saturated carbocycles. The lowest BCUT2D eigenvalue weighted by Crippen LogP contribution is -2.57. The first-order chi connectivity index (χ1) is 16.7. The molecule has 9 nitrogen and oxygen atoms in total. The number of carboxylic acid groups (broad SMARTS) is 1. The molecule has 8 atom stereocenters. The summed E-state index contributed by atoms with van der Waals surface area (Å²) in [7, 11) is 0. The Labute approximate surface area is 208 Å². The number of hydroxylamine groups is 2. The Balaban J connectivity index is 1.39. The Kier molecular flexibility index (Phi) is 8.18. The average Bonchev–Trinajstić information content (AvgIpc) is 3.20. The second-order valence-electron chi connectivity index (χ2n) is 12.5. The van der Waals surface area contributed by atoms with E-state index in [0.29, 0.717) is 34.1 Å². The van der Waals surface area contributed by atoms with Gasteiger partial charge in [-0.2, -0.15) is 9.78 Å². The lowest BCUT2D eigenvalue weighted by Gasteiger charge is -2.61. The molecule has 0 aromatic rings. The normalized spacial score (nSPS) is 40.1. The van der Waals surface area contributed by atoms with E-state index < -0.39 is 11.9 Å². The van der Waals surface area contributed by atoms with Crippen LogP contribution in [0, 0.1) is 46.3 Å². The van der Waals surface area contributed by atoms with Crippen LogP contribution in [-0.4, -0.2) is 44.4 Å². The van der Waals surface area contributed by atoms with Gasteiger partial charge in [-0.15, -0.1) is 4.99 Å². The van der Waals surface area contributed by atoms with Crippen molar-refractivity contribution < 1.29 is 40.4 Å². The second kappa shape index (κ2) is 10.5. The predicted octanol–water partition coefficient (Wildman–Crippen LogP) is 5.88. The summed E-state index contributed by atoms with van der Waals surface area (Å²) in [4.78, 5) is 23.1. The van der Waals surface area contributed by atoms with Gasteiger partial charge in [-0.05, 0) is 111 Å². The number of nitrogens with zero attached hydrogens (tertiary/aromatic N) is 1. The lowest BCUT2D eigenvalue weighted by atomic mass is 9.44. The third-order valence-electron chi connectivity index (χ3n) is 11.3. The molecule has 0 heterocycles. The molecule has 0 bridgehead atoms. The zero-order valence-electron chi connectivity index (χ0n) is 21.5. The van der Waals surface area contributed by atoms with Crippen LogP contribution < -0.4 is 0 Å². The highest BCUT2D eigenvalue weighted by Gasteiger charge is 2.60. The van der Waals surface area contributed by atoms with Crippen molar-refractivity contribution in [1.29, 1.82) is 0 Å². The monoisotopic (exact) mass is 499 g/mol. The van der Waals surface area contributed by atoms with Gasteiger partial charge in [-0.3, -0.25) is 0 Å². The minimum atomic E-state index is -3.05. The van der Waals surface area contributed by atoms with Crippen LogP contribution in [0.5, 0.6) is 0 Å². The van der Waals surface area contributed by atoms with E-state index in [0.717, 1.165) is 30.1 Å². The molecule has 0 aromatic heterocycles. The van der Waals surface area contributed by atoms with E-state index in [9.17, 15) is 9.90 Å². The quantitative estimate of drug-likeness (QED) is 0.165. The summed E-state index contributed by atoms with van der Waals surface area (Å²) in [5.74, 6) is -0.458. The van der Waals surface area contributed by atoms with Gasteiger partial charge in [-0.1, -0.05) is 38.7 Å². The molecule has 0 aliphatic heterocycles. The minimum absolute atomic E-state index is 0.119. The fourth-order valence-electron chi connectivity index (χ4n) is 9.56. The van der Waals surface area contributed by atoms with Crippen molar-refractivity contribution in [2.75, 3.05) is 6.54 Å². The second-order valence-corrected chi connectivity index (χ2v) is 12.5. The molecule has 0 amide bonds. The number of aliphatic carboxylic acids is 1. The van der Waals surface area contributed by atoms with Crippen LogP contribution >= 0.6 is 0 Å². The molecule has 1 unspecified atom stereocenters. The molecule has 4 aliphatic rings. The zero-order chi connectivity index (χ0) is 25.4. The van der Waals surface area contributed by atoms with E-state index in [1.807, 2.05) is 0 Å². The highest BCUT2D eigenvalue weighted by atomic mass is 17.3. The fraction of sp³-hybridized carbons (Fsp3) is 0.962. The van der Waals surface area contributed by atoms with Crippen molar-refractivity contribution in [3.05, 3.63) is 0 Å². The Hall–Kier alpha value is -0.810. The van der Waals surface area contributed by atoms with E-state index >= 15 is 0 Å². The van der Waals surface area contributed by atoms with Crippen molar-refractivity contribution in [3.8, 4) is 0 Å². The molecule has 0 saturated heterocycles. The van der Waals surface area contributed by atoms with Crippen molar-refractivity contribution in [2.24, 2.45) is 46.3 Å². The Morgan fingerprint density at radius 3 is 2.34 bits per heavy atom. The number of carbonyl (C=O) groups is 1. The first-order valence-corrected chi connectivity index (χ1v) is 13.7. The number of hydrogen-bond donors (Lipinski definition) is 4. The Morgan fingerprint density at radius 2 is 1.69 bits per heavy atom. The van der Waals surface area contributed by atoms with Gasteiger partial charge >= 0.3 is 11.9 Å². The van der Waals surface area contributed by atoms with Gasteiger partial charge < -0.3 is 5.11 Å². The molecule has 35 heavy (non-hydrogen) atoms. The van der Waals surface area contributed by atoms with E-state index in [4.69, 9.17) is 15.8 Å². The summed E-state index contributed by atoms with van der Waals surface area (Å²) < 4.78 is 0. The molecular weight excluding hydrogens is 454 g/mol. The molecule has 202 valence electrons. The predicted molar refractivity (Wildman–Crippen MR) is 126 cm³/mol.